The number of aromatic amines is 1. The molecule has 0 amide bonds. The smallest absolute Gasteiger partial charge is 0.306 e. The zero-order chi connectivity index (χ0) is 12.4. The zero-order valence-corrected chi connectivity index (χ0v) is 9.64. The van der Waals surface area contributed by atoms with Crippen LogP contribution < -0.4 is 10.5 Å². The Labute approximate surface area is 98.3 Å². The summed E-state index contributed by atoms with van der Waals surface area (Å²) >= 11 is 0. The monoisotopic (exact) mass is 237 g/mol. The number of nitrogens with zero attached hydrogens (tertiary/aromatic N) is 2. The Hall–Kier alpha value is -1.85. The topological polar surface area (TPSA) is 86.3 Å². The SMILES string of the molecule is Cc1nc(N2CCC(C(=O)O)CC2)cc(=O)[nH]1. The van der Waals surface area contributed by atoms with Crippen LogP contribution in [-0.2, 0) is 4.79 Å². The molecule has 2 N–H and O–H groups in total. The molecule has 1 fully saturated rings. The van der Waals surface area contributed by atoms with Gasteiger partial charge in [-0.1, -0.05) is 0 Å². The van der Waals surface area contributed by atoms with Crippen molar-refractivity contribution in [3.63, 3.8) is 0 Å². The van der Waals surface area contributed by atoms with Gasteiger partial charge in [0.2, 0.25) is 0 Å². The van der Waals surface area contributed by atoms with E-state index in [1.807, 2.05) is 4.90 Å². The lowest BCUT2D eigenvalue weighted by atomic mass is 9.97. The predicted octanol–water partition coefficient (Wildman–Crippen LogP) is 0.379. The van der Waals surface area contributed by atoms with Crippen molar-refractivity contribution in [2.75, 3.05) is 18.0 Å². The maximum Gasteiger partial charge on any atom is 0.306 e. The second-order valence-corrected chi connectivity index (χ2v) is 4.29. The zero-order valence-electron chi connectivity index (χ0n) is 9.64. The molecule has 0 spiro atoms. The maximum absolute atomic E-state index is 11.3. The van der Waals surface area contributed by atoms with Gasteiger partial charge in [0.25, 0.3) is 5.56 Å². The minimum absolute atomic E-state index is 0.173. The lowest BCUT2D eigenvalue weighted by Gasteiger charge is -2.30. The Morgan fingerprint density at radius 3 is 2.71 bits per heavy atom. The number of nitrogens with one attached hydrogen (secondary N) is 1. The first-order valence-electron chi connectivity index (χ1n) is 5.62. The van der Waals surface area contributed by atoms with Crippen LogP contribution in [0.25, 0.3) is 0 Å². The Morgan fingerprint density at radius 1 is 1.53 bits per heavy atom. The van der Waals surface area contributed by atoms with E-state index in [4.69, 9.17) is 5.11 Å². The third-order valence-electron chi connectivity index (χ3n) is 3.01. The standard InChI is InChI=1S/C11H15N3O3/c1-7-12-9(6-10(15)13-7)14-4-2-8(3-5-14)11(16)17/h6,8H,2-5H2,1H3,(H,16,17)(H,12,13,15). The number of hydrogen-bond donors (Lipinski definition) is 2. The van der Waals surface area contributed by atoms with Crippen molar-refractivity contribution in [2.45, 2.75) is 19.8 Å². The van der Waals surface area contributed by atoms with Gasteiger partial charge in [0.1, 0.15) is 11.6 Å². The minimum atomic E-state index is -0.736. The molecule has 6 heteroatoms. The van der Waals surface area contributed by atoms with Crippen LogP contribution in [-0.4, -0.2) is 34.1 Å². The van der Waals surface area contributed by atoms with Crippen molar-refractivity contribution in [3.8, 4) is 0 Å². The van der Waals surface area contributed by atoms with E-state index in [9.17, 15) is 9.59 Å². The highest BCUT2D eigenvalue weighted by Crippen LogP contribution is 2.20. The molecule has 6 nitrogen and oxygen atoms in total. The largest absolute Gasteiger partial charge is 0.481 e. The average Bonchev–Trinajstić information content (AvgIpc) is 2.28. The predicted molar refractivity (Wildman–Crippen MR) is 62.2 cm³/mol. The van der Waals surface area contributed by atoms with Gasteiger partial charge in [0, 0.05) is 19.2 Å². The first-order chi connectivity index (χ1) is 8.06. The second-order valence-electron chi connectivity index (χ2n) is 4.29. The third-order valence-corrected chi connectivity index (χ3v) is 3.01. The molecule has 92 valence electrons. The van der Waals surface area contributed by atoms with E-state index in [1.54, 1.807) is 6.92 Å². The van der Waals surface area contributed by atoms with Crippen molar-refractivity contribution in [1.82, 2.24) is 9.97 Å². The molecule has 17 heavy (non-hydrogen) atoms. The van der Waals surface area contributed by atoms with Crippen molar-refractivity contribution in [2.24, 2.45) is 5.92 Å². The molecule has 2 rings (SSSR count). The van der Waals surface area contributed by atoms with Crippen LogP contribution in [0.1, 0.15) is 18.7 Å². The van der Waals surface area contributed by atoms with Gasteiger partial charge in [0.15, 0.2) is 0 Å². The summed E-state index contributed by atoms with van der Waals surface area (Å²) in [5, 5.41) is 8.89. The fourth-order valence-electron chi connectivity index (χ4n) is 2.08. The summed E-state index contributed by atoms with van der Waals surface area (Å²) in [6.45, 7) is 2.99. The normalized spacial score (nSPS) is 17.1. The summed E-state index contributed by atoms with van der Waals surface area (Å²) in [5.74, 6) is 0.206. The number of H-pyrrole nitrogens is 1. The minimum Gasteiger partial charge on any atom is -0.481 e. The average molecular weight is 237 g/mol. The number of rotatable bonds is 2. The highest BCUT2D eigenvalue weighted by atomic mass is 16.4. The first-order valence-corrected chi connectivity index (χ1v) is 5.62. The fraction of sp³-hybridized carbons (Fsp3) is 0.545. The van der Waals surface area contributed by atoms with E-state index in [-0.39, 0.29) is 11.5 Å². The van der Waals surface area contributed by atoms with E-state index in [0.29, 0.717) is 37.6 Å². The van der Waals surface area contributed by atoms with Crippen molar-refractivity contribution in [3.05, 3.63) is 22.2 Å². The van der Waals surface area contributed by atoms with Gasteiger partial charge >= 0.3 is 5.97 Å². The second kappa shape index (κ2) is 4.57. The molecule has 1 aromatic rings. The molecule has 1 aliphatic heterocycles. The van der Waals surface area contributed by atoms with Gasteiger partial charge in [-0.05, 0) is 19.8 Å². The molecule has 0 unspecified atom stereocenters. The molecule has 0 saturated carbocycles. The molecule has 1 aliphatic rings. The van der Waals surface area contributed by atoms with E-state index in [1.165, 1.54) is 6.07 Å². The molecule has 2 heterocycles. The summed E-state index contributed by atoms with van der Waals surface area (Å²) < 4.78 is 0. The van der Waals surface area contributed by atoms with E-state index in [2.05, 4.69) is 9.97 Å². The van der Waals surface area contributed by atoms with Gasteiger partial charge in [-0.3, -0.25) is 9.59 Å². The molecule has 1 saturated heterocycles. The summed E-state index contributed by atoms with van der Waals surface area (Å²) in [4.78, 5) is 30.9. The Balaban J connectivity index is 2.10. The van der Waals surface area contributed by atoms with Crippen LogP contribution in [0.15, 0.2) is 10.9 Å². The molecule has 0 aliphatic carbocycles. The third kappa shape index (κ3) is 2.64. The van der Waals surface area contributed by atoms with Crippen molar-refractivity contribution < 1.29 is 9.90 Å². The summed E-state index contributed by atoms with van der Waals surface area (Å²) in [5.41, 5.74) is -0.173. The van der Waals surface area contributed by atoms with Gasteiger partial charge in [-0.15, -0.1) is 0 Å². The van der Waals surface area contributed by atoms with Crippen LogP contribution in [0.5, 0.6) is 0 Å². The van der Waals surface area contributed by atoms with E-state index in [0.717, 1.165) is 0 Å². The van der Waals surface area contributed by atoms with Gasteiger partial charge in [-0.2, -0.15) is 0 Å². The lowest BCUT2D eigenvalue weighted by molar-refractivity contribution is -0.142. The van der Waals surface area contributed by atoms with Gasteiger partial charge in [0.05, 0.1) is 5.92 Å². The highest BCUT2D eigenvalue weighted by Gasteiger charge is 2.25. The molecule has 0 bridgehead atoms. The maximum atomic E-state index is 11.3. The number of piperidine rings is 1. The van der Waals surface area contributed by atoms with Gasteiger partial charge in [-0.25, -0.2) is 4.98 Å². The molecular weight excluding hydrogens is 222 g/mol. The quantitative estimate of drug-likeness (QED) is 0.776. The van der Waals surface area contributed by atoms with Crippen LogP contribution in [0, 0.1) is 12.8 Å². The number of carboxylic acids is 1. The molecular formula is C11H15N3O3. The van der Waals surface area contributed by atoms with Crippen LogP contribution in [0.4, 0.5) is 5.82 Å². The number of carboxylic acid groups (broad SMARTS) is 1. The highest BCUT2D eigenvalue weighted by molar-refractivity contribution is 5.70. The summed E-state index contributed by atoms with van der Waals surface area (Å²) in [6.07, 6.45) is 1.20. The van der Waals surface area contributed by atoms with Crippen LogP contribution >= 0.6 is 0 Å². The summed E-state index contributed by atoms with van der Waals surface area (Å²) in [6, 6.07) is 1.45. The van der Waals surface area contributed by atoms with Crippen molar-refractivity contribution in [1.29, 1.82) is 0 Å². The molecule has 0 radical (unpaired) electrons. The number of aliphatic carboxylic acids is 1. The summed E-state index contributed by atoms with van der Waals surface area (Å²) in [7, 11) is 0. The van der Waals surface area contributed by atoms with E-state index < -0.39 is 5.97 Å². The number of hydrogen-bond acceptors (Lipinski definition) is 4. The van der Waals surface area contributed by atoms with E-state index >= 15 is 0 Å². The Kier molecular flexibility index (Phi) is 3.12. The van der Waals surface area contributed by atoms with Crippen molar-refractivity contribution >= 4 is 11.8 Å². The Morgan fingerprint density at radius 2 is 2.18 bits per heavy atom. The lowest BCUT2D eigenvalue weighted by Crippen LogP contribution is -2.37. The Bertz CT molecular complexity index is 475. The number of carbonyl (C=O) groups is 1. The molecule has 0 atom stereocenters. The molecule has 1 aromatic heterocycles. The number of aromatic nitrogens is 2. The number of anilines is 1. The fourth-order valence-corrected chi connectivity index (χ4v) is 2.08. The first kappa shape index (κ1) is 11.6. The number of aryl methyl sites for hydroxylation is 1. The van der Waals surface area contributed by atoms with Crippen LogP contribution in [0.2, 0.25) is 0 Å². The molecule has 0 aromatic carbocycles. The van der Waals surface area contributed by atoms with Crippen LogP contribution in [0.3, 0.4) is 0 Å². The van der Waals surface area contributed by atoms with Gasteiger partial charge < -0.3 is 15.0 Å².